The van der Waals surface area contributed by atoms with Crippen molar-refractivity contribution in [3.8, 4) is 0 Å². The second-order valence-corrected chi connectivity index (χ2v) is 3.82. The molecule has 1 aromatic heterocycles. The minimum atomic E-state index is -0.280. The Balaban J connectivity index is 2.24. The zero-order valence-corrected chi connectivity index (χ0v) is 10.4. The Morgan fingerprint density at radius 1 is 1.65 bits per heavy atom. The monoisotopic (exact) mass is 241 g/mol. The molecule has 96 valence electrons. The van der Waals surface area contributed by atoms with Crippen LogP contribution in [0.3, 0.4) is 0 Å². The van der Waals surface area contributed by atoms with Gasteiger partial charge in [0.05, 0.1) is 24.9 Å². The molecule has 1 rings (SSSR count). The van der Waals surface area contributed by atoms with Crippen molar-refractivity contribution in [1.29, 1.82) is 0 Å². The topological polar surface area (TPSA) is 76.4 Å². The fraction of sp³-hybridized carbons (Fsp3) is 0.636. The van der Waals surface area contributed by atoms with Gasteiger partial charge in [0, 0.05) is 19.7 Å². The third-order valence-electron chi connectivity index (χ3n) is 2.26. The smallest absolute Gasteiger partial charge is 0.236 e. The number of hydrogen-bond acceptors (Lipinski definition) is 5. The highest BCUT2D eigenvalue weighted by Crippen LogP contribution is 2.01. The Labute approximate surface area is 101 Å². The maximum absolute atomic E-state index is 11.6. The van der Waals surface area contributed by atoms with Crippen molar-refractivity contribution in [2.24, 2.45) is 0 Å². The summed E-state index contributed by atoms with van der Waals surface area (Å²) >= 11 is 0. The van der Waals surface area contributed by atoms with E-state index in [1.807, 2.05) is 13.0 Å². The van der Waals surface area contributed by atoms with Crippen molar-refractivity contribution < 1.29 is 14.1 Å². The van der Waals surface area contributed by atoms with E-state index in [4.69, 9.17) is 9.26 Å². The van der Waals surface area contributed by atoms with Gasteiger partial charge in [-0.1, -0.05) is 5.16 Å². The van der Waals surface area contributed by atoms with Gasteiger partial charge in [0.15, 0.2) is 5.76 Å². The lowest BCUT2D eigenvalue weighted by molar-refractivity contribution is -0.123. The summed E-state index contributed by atoms with van der Waals surface area (Å²) in [5, 5.41) is 9.57. The molecule has 0 aliphatic carbocycles. The van der Waals surface area contributed by atoms with Crippen LogP contribution >= 0.6 is 0 Å². The molecule has 1 heterocycles. The van der Waals surface area contributed by atoms with Crippen LogP contribution in [0.1, 0.15) is 18.4 Å². The largest absolute Gasteiger partial charge is 0.383 e. The maximum Gasteiger partial charge on any atom is 0.236 e. The molecule has 0 fully saturated rings. The number of carbonyl (C=O) groups excluding carboxylic acids is 1. The van der Waals surface area contributed by atoms with Crippen LogP contribution in [0.25, 0.3) is 0 Å². The molecule has 0 saturated heterocycles. The highest BCUT2D eigenvalue weighted by atomic mass is 16.5. The van der Waals surface area contributed by atoms with E-state index >= 15 is 0 Å². The first-order valence-electron chi connectivity index (χ1n) is 5.55. The van der Waals surface area contributed by atoms with Gasteiger partial charge in [0.1, 0.15) is 0 Å². The fourth-order valence-electron chi connectivity index (χ4n) is 1.28. The summed E-state index contributed by atoms with van der Waals surface area (Å²) in [6.45, 7) is 5.17. The van der Waals surface area contributed by atoms with Crippen LogP contribution in [0.2, 0.25) is 0 Å². The van der Waals surface area contributed by atoms with Crippen LogP contribution in [0.4, 0.5) is 0 Å². The quantitative estimate of drug-likeness (QED) is 0.668. The van der Waals surface area contributed by atoms with Crippen molar-refractivity contribution in [2.75, 3.05) is 20.3 Å². The van der Waals surface area contributed by atoms with Gasteiger partial charge in [0.2, 0.25) is 5.91 Å². The van der Waals surface area contributed by atoms with Crippen molar-refractivity contribution >= 4 is 5.91 Å². The van der Waals surface area contributed by atoms with Gasteiger partial charge >= 0.3 is 0 Å². The van der Waals surface area contributed by atoms with Gasteiger partial charge in [-0.25, -0.2) is 0 Å². The predicted octanol–water partition coefficient (Wildman–Crippen LogP) is 0.224. The Morgan fingerprint density at radius 3 is 3.00 bits per heavy atom. The lowest BCUT2D eigenvalue weighted by Gasteiger charge is -2.12. The van der Waals surface area contributed by atoms with Crippen molar-refractivity contribution in [3.63, 3.8) is 0 Å². The molecular weight excluding hydrogens is 222 g/mol. The normalized spacial score (nSPS) is 12.4. The van der Waals surface area contributed by atoms with E-state index in [9.17, 15) is 4.79 Å². The number of rotatable bonds is 7. The average Bonchev–Trinajstić information content (AvgIpc) is 2.72. The minimum absolute atomic E-state index is 0.0571. The molecule has 0 aliphatic rings. The Morgan fingerprint density at radius 2 is 2.41 bits per heavy atom. The van der Waals surface area contributed by atoms with Gasteiger partial charge in [-0.3, -0.25) is 10.1 Å². The number of nitrogens with one attached hydrogen (secondary N) is 2. The average molecular weight is 241 g/mol. The molecule has 1 amide bonds. The van der Waals surface area contributed by atoms with E-state index in [0.29, 0.717) is 19.7 Å². The van der Waals surface area contributed by atoms with E-state index < -0.39 is 0 Å². The molecule has 0 spiro atoms. The molecule has 0 bridgehead atoms. The van der Waals surface area contributed by atoms with Crippen molar-refractivity contribution in [2.45, 2.75) is 26.4 Å². The summed E-state index contributed by atoms with van der Waals surface area (Å²) in [7, 11) is 1.60. The first kappa shape index (κ1) is 13.7. The maximum atomic E-state index is 11.6. The molecule has 6 nitrogen and oxygen atoms in total. The van der Waals surface area contributed by atoms with Crippen molar-refractivity contribution in [1.82, 2.24) is 15.8 Å². The zero-order valence-electron chi connectivity index (χ0n) is 10.4. The Kier molecular flexibility index (Phi) is 5.65. The highest BCUT2D eigenvalue weighted by Gasteiger charge is 2.12. The molecule has 0 saturated carbocycles. The van der Waals surface area contributed by atoms with Crippen LogP contribution in [0.15, 0.2) is 10.6 Å². The number of ether oxygens (including phenoxy) is 1. The highest BCUT2D eigenvalue weighted by molar-refractivity contribution is 5.81. The molecule has 1 aromatic rings. The Bertz CT molecular complexity index is 351. The van der Waals surface area contributed by atoms with Gasteiger partial charge in [-0.05, 0) is 13.8 Å². The summed E-state index contributed by atoms with van der Waals surface area (Å²) in [5.74, 6) is 0.664. The summed E-state index contributed by atoms with van der Waals surface area (Å²) in [6, 6.07) is 1.56. The van der Waals surface area contributed by atoms with Crippen LogP contribution in [-0.4, -0.2) is 37.4 Å². The number of amides is 1. The van der Waals surface area contributed by atoms with E-state index in [-0.39, 0.29) is 11.9 Å². The molecule has 0 aromatic carbocycles. The number of aryl methyl sites for hydroxylation is 1. The molecule has 1 atom stereocenters. The van der Waals surface area contributed by atoms with Crippen LogP contribution in [0, 0.1) is 6.92 Å². The lowest BCUT2D eigenvalue weighted by Crippen LogP contribution is -2.42. The number of nitrogens with zero attached hydrogens (tertiary/aromatic N) is 1. The zero-order chi connectivity index (χ0) is 12.7. The van der Waals surface area contributed by atoms with E-state index in [2.05, 4.69) is 15.8 Å². The van der Waals surface area contributed by atoms with Crippen molar-refractivity contribution in [3.05, 3.63) is 17.5 Å². The van der Waals surface area contributed by atoms with Crippen LogP contribution in [-0.2, 0) is 16.1 Å². The molecule has 2 N–H and O–H groups in total. The minimum Gasteiger partial charge on any atom is -0.383 e. The molecule has 1 unspecified atom stereocenters. The summed E-state index contributed by atoms with van der Waals surface area (Å²) < 4.78 is 9.87. The molecule has 6 heteroatoms. The van der Waals surface area contributed by atoms with Gasteiger partial charge in [-0.2, -0.15) is 0 Å². The predicted molar refractivity (Wildman–Crippen MR) is 62.4 cm³/mol. The fourth-order valence-corrected chi connectivity index (χ4v) is 1.28. The van der Waals surface area contributed by atoms with E-state index in [1.165, 1.54) is 0 Å². The third kappa shape index (κ3) is 4.97. The first-order chi connectivity index (χ1) is 8.13. The second kappa shape index (κ2) is 7.03. The van der Waals surface area contributed by atoms with Crippen LogP contribution in [0.5, 0.6) is 0 Å². The summed E-state index contributed by atoms with van der Waals surface area (Å²) in [6.07, 6.45) is 0. The molecule has 0 aliphatic heterocycles. The number of carbonyl (C=O) groups is 1. The lowest BCUT2D eigenvalue weighted by atomic mass is 10.3. The van der Waals surface area contributed by atoms with Gasteiger partial charge < -0.3 is 14.6 Å². The number of methoxy groups -OCH3 is 1. The number of aromatic nitrogens is 1. The Hall–Kier alpha value is -1.40. The summed E-state index contributed by atoms with van der Waals surface area (Å²) in [5.41, 5.74) is 0.832. The number of hydrogen-bond donors (Lipinski definition) is 2. The SMILES string of the molecule is COCCNC(=O)C(C)NCc1cc(C)no1. The molecule has 0 radical (unpaired) electrons. The van der Waals surface area contributed by atoms with E-state index in [0.717, 1.165) is 11.5 Å². The standard InChI is InChI=1S/C11H19N3O3/c1-8-6-10(17-14-8)7-13-9(2)11(15)12-4-5-16-3/h6,9,13H,4-5,7H2,1-3H3,(H,12,15). The second-order valence-electron chi connectivity index (χ2n) is 3.82. The summed E-state index contributed by atoms with van der Waals surface area (Å²) in [4.78, 5) is 11.6. The van der Waals surface area contributed by atoms with Gasteiger partial charge in [-0.15, -0.1) is 0 Å². The first-order valence-corrected chi connectivity index (χ1v) is 5.55. The molecule has 17 heavy (non-hydrogen) atoms. The molecular formula is C11H19N3O3. The van der Waals surface area contributed by atoms with E-state index in [1.54, 1.807) is 14.0 Å². The van der Waals surface area contributed by atoms with Crippen LogP contribution < -0.4 is 10.6 Å². The van der Waals surface area contributed by atoms with Gasteiger partial charge in [0.25, 0.3) is 0 Å². The third-order valence-corrected chi connectivity index (χ3v) is 2.26.